The van der Waals surface area contributed by atoms with Crippen LogP contribution in [0.4, 0.5) is 0 Å². The lowest BCUT2D eigenvalue weighted by Crippen LogP contribution is -2.19. The molecule has 0 atom stereocenters. The van der Waals surface area contributed by atoms with Crippen LogP contribution in [0, 0.1) is 6.92 Å². The Labute approximate surface area is 222 Å². The van der Waals surface area contributed by atoms with Crippen LogP contribution in [0.2, 0.25) is 5.02 Å². The van der Waals surface area contributed by atoms with E-state index in [0.717, 1.165) is 22.0 Å². The summed E-state index contributed by atoms with van der Waals surface area (Å²) in [6.45, 7) is 1.99. The Bertz CT molecular complexity index is 1670. The van der Waals surface area contributed by atoms with Crippen molar-refractivity contribution in [2.75, 3.05) is 7.11 Å². The number of aromatic amines is 1. The van der Waals surface area contributed by atoms with E-state index >= 15 is 0 Å². The number of hydrazone groups is 1. The van der Waals surface area contributed by atoms with Gasteiger partial charge >= 0.3 is 5.97 Å². The van der Waals surface area contributed by atoms with E-state index in [1.165, 1.54) is 25.7 Å². The third-order valence-electron chi connectivity index (χ3n) is 5.82. The lowest BCUT2D eigenvalue weighted by atomic mass is 10.0. The SMILES string of the molecule is COc1cc(C=NNC(=O)c2[nH]c3ccc(C)cc3c2-c2ccccc2Cl)ccc1OC(=O)c1ccco1. The molecule has 38 heavy (non-hydrogen) atoms. The fraction of sp³-hybridized carbons (Fsp3) is 0.0690. The number of nitrogens with one attached hydrogen (secondary N) is 2. The molecule has 1 amide bonds. The number of amides is 1. The summed E-state index contributed by atoms with van der Waals surface area (Å²) in [4.78, 5) is 28.6. The number of nitrogens with zero attached hydrogens (tertiary/aromatic N) is 1. The molecule has 8 nitrogen and oxygen atoms in total. The van der Waals surface area contributed by atoms with Crippen molar-refractivity contribution in [1.29, 1.82) is 0 Å². The molecule has 0 aliphatic heterocycles. The average molecular weight is 528 g/mol. The van der Waals surface area contributed by atoms with Crippen molar-refractivity contribution in [2.24, 2.45) is 5.10 Å². The summed E-state index contributed by atoms with van der Waals surface area (Å²) in [5, 5.41) is 5.53. The molecule has 0 aliphatic carbocycles. The minimum Gasteiger partial charge on any atom is -0.493 e. The topological polar surface area (TPSA) is 106 Å². The summed E-state index contributed by atoms with van der Waals surface area (Å²) in [5.41, 5.74) is 6.83. The zero-order valence-corrected chi connectivity index (χ0v) is 21.2. The van der Waals surface area contributed by atoms with Crippen LogP contribution in [-0.2, 0) is 0 Å². The molecule has 2 aromatic heterocycles. The van der Waals surface area contributed by atoms with Gasteiger partial charge in [0.05, 0.1) is 19.6 Å². The van der Waals surface area contributed by atoms with E-state index < -0.39 is 11.9 Å². The molecular weight excluding hydrogens is 506 g/mol. The fourth-order valence-electron chi connectivity index (χ4n) is 4.03. The van der Waals surface area contributed by atoms with Crippen LogP contribution in [0.15, 0.2) is 88.6 Å². The highest BCUT2D eigenvalue weighted by Gasteiger charge is 2.21. The first-order valence-electron chi connectivity index (χ1n) is 11.6. The lowest BCUT2D eigenvalue weighted by molar-refractivity contribution is 0.0696. The number of esters is 1. The Kier molecular flexibility index (Phi) is 6.97. The van der Waals surface area contributed by atoms with E-state index in [2.05, 4.69) is 15.5 Å². The van der Waals surface area contributed by atoms with E-state index in [1.54, 1.807) is 30.3 Å². The number of fused-ring (bicyclic) bond motifs is 1. The van der Waals surface area contributed by atoms with Gasteiger partial charge in [-0.15, -0.1) is 0 Å². The molecule has 0 spiro atoms. The highest BCUT2D eigenvalue weighted by molar-refractivity contribution is 6.34. The van der Waals surface area contributed by atoms with Gasteiger partial charge in [0.1, 0.15) is 5.69 Å². The number of furan rings is 1. The van der Waals surface area contributed by atoms with Gasteiger partial charge < -0.3 is 18.9 Å². The molecular formula is C29H22ClN3O5. The van der Waals surface area contributed by atoms with E-state index in [-0.39, 0.29) is 11.5 Å². The van der Waals surface area contributed by atoms with Crippen molar-refractivity contribution in [2.45, 2.75) is 6.92 Å². The lowest BCUT2D eigenvalue weighted by Gasteiger charge is -2.09. The molecule has 5 aromatic rings. The molecule has 2 heterocycles. The van der Waals surface area contributed by atoms with Crippen LogP contribution >= 0.6 is 11.6 Å². The summed E-state index contributed by atoms with van der Waals surface area (Å²) in [5.74, 6) is -0.477. The largest absolute Gasteiger partial charge is 0.493 e. The highest BCUT2D eigenvalue weighted by Crippen LogP contribution is 2.37. The average Bonchev–Trinajstić information content (AvgIpc) is 3.58. The Hall–Kier alpha value is -4.82. The zero-order valence-electron chi connectivity index (χ0n) is 20.4. The number of aryl methyl sites for hydroxylation is 1. The molecule has 0 unspecified atom stereocenters. The first-order chi connectivity index (χ1) is 18.4. The minimum absolute atomic E-state index is 0.0729. The number of methoxy groups -OCH3 is 1. The Morgan fingerprint density at radius 1 is 1.03 bits per heavy atom. The summed E-state index contributed by atoms with van der Waals surface area (Å²) < 4.78 is 15.8. The normalized spacial score (nSPS) is 11.1. The number of halogens is 1. The monoisotopic (exact) mass is 527 g/mol. The molecule has 0 saturated carbocycles. The van der Waals surface area contributed by atoms with Gasteiger partial charge in [0.15, 0.2) is 11.5 Å². The quantitative estimate of drug-likeness (QED) is 0.110. The second-order valence-electron chi connectivity index (χ2n) is 8.38. The molecule has 0 aliphatic rings. The second-order valence-corrected chi connectivity index (χ2v) is 8.79. The first kappa shape index (κ1) is 24.9. The number of carbonyl (C=O) groups excluding carboxylic acids is 2. The fourth-order valence-corrected chi connectivity index (χ4v) is 4.27. The third-order valence-corrected chi connectivity index (χ3v) is 6.15. The van der Waals surface area contributed by atoms with Gasteiger partial charge in [-0.1, -0.05) is 41.4 Å². The van der Waals surface area contributed by atoms with Crippen LogP contribution in [0.25, 0.3) is 22.0 Å². The van der Waals surface area contributed by atoms with Crippen LogP contribution in [0.3, 0.4) is 0 Å². The smallest absolute Gasteiger partial charge is 0.379 e. The summed E-state index contributed by atoms with van der Waals surface area (Å²) in [6.07, 6.45) is 2.84. The number of H-pyrrole nitrogens is 1. The zero-order chi connectivity index (χ0) is 26.6. The maximum atomic E-state index is 13.2. The molecule has 190 valence electrons. The Balaban J connectivity index is 1.38. The minimum atomic E-state index is -0.648. The van der Waals surface area contributed by atoms with E-state index in [4.69, 9.17) is 25.5 Å². The standard InChI is InChI=1S/C29H22ClN3O5/c1-17-9-11-22-20(14-17)26(19-6-3-4-7-21(19)30)27(32-22)28(34)33-31-16-18-10-12-23(25(15-18)36-2)38-29(35)24-8-5-13-37-24/h3-16,32H,1-2H3,(H,33,34). The molecule has 0 radical (unpaired) electrons. The number of carbonyl (C=O) groups is 2. The number of ether oxygens (including phenoxy) is 2. The first-order valence-corrected chi connectivity index (χ1v) is 12.0. The molecule has 0 bridgehead atoms. The third kappa shape index (κ3) is 5.02. The summed E-state index contributed by atoms with van der Waals surface area (Å²) >= 11 is 6.50. The predicted molar refractivity (Wildman–Crippen MR) is 145 cm³/mol. The maximum Gasteiger partial charge on any atom is 0.379 e. The van der Waals surface area contributed by atoms with Crippen LogP contribution in [0.5, 0.6) is 11.5 Å². The molecule has 3 aromatic carbocycles. The molecule has 2 N–H and O–H groups in total. The number of hydrogen-bond acceptors (Lipinski definition) is 6. The number of rotatable bonds is 7. The number of benzene rings is 3. The molecule has 0 saturated heterocycles. The van der Waals surface area contributed by atoms with Gasteiger partial charge in [-0.3, -0.25) is 4.79 Å². The van der Waals surface area contributed by atoms with Gasteiger partial charge in [0.25, 0.3) is 5.91 Å². The van der Waals surface area contributed by atoms with Crippen LogP contribution in [-0.4, -0.2) is 30.2 Å². The van der Waals surface area contributed by atoms with Crippen molar-refractivity contribution in [3.8, 4) is 22.6 Å². The maximum absolute atomic E-state index is 13.2. The Morgan fingerprint density at radius 3 is 2.63 bits per heavy atom. The number of hydrogen-bond donors (Lipinski definition) is 2. The van der Waals surface area contributed by atoms with Crippen molar-refractivity contribution in [3.63, 3.8) is 0 Å². The van der Waals surface area contributed by atoms with Crippen molar-refractivity contribution in [3.05, 3.63) is 107 Å². The molecule has 9 heteroatoms. The Morgan fingerprint density at radius 2 is 1.87 bits per heavy atom. The van der Waals surface area contributed by atoms with Crippen molar-refractivity contribution in [1.82, 2.24) is 10.4 Å². The van der Waals surface area contributed by atoms with Crippen LogP contribution < -0.4 is 14.9 Å². The van der Waals surface area contributed by atoms with Gasteiger partial charge in [-0.05, 0) is 61.0 Å². The summed E-state index contributed by atoms with van der Waals surface area (Å²) in [7, 11) is 1.45. The van der Waals surface area contributed by atoms with E-state index in [0.29, 0.717) is 27.6 Å². The highest BCUT2D eigenvalue weighted by atomic mass is 35.5. The van der Waals surface area contributed by atoms with Crippen molar-refractivity contribution < 1.29 is 23.5 Å². The summed E-state index contributed by atoms with van der Waals surface area (Å²) in [6, 6.07) is 21.2. The molecule has 0 fully saturated rings. The second kappa shape index (κ2) is 10.7. The van der Waals surface area contributed by atoms with E-state index in [9.17, 15) is 9.59 Å². The molecule has 5 rings (SSSR count). The van der Waals surface area contributed by atoms with Gasteiger partial charge in [-0.2, -0.15) is 5.10 Å². The van der Waals surface area contributed by atoms with Gasteiger partial charge in [-0.25, -0.2) is 10.2 Å². The predicted octanol–water partition coefficient (Wildman–Crippen LogP) is 6.38. The van der Waals surface area contributed by atoms with E-state index in [1.807, 2.05) is 43.3 Å². The van der Waals surface area contributed by atoms with Gasteiger partial charge in [0.2, 0.25) is 5.76 Å². The van der Waals surface area contributed by atoms with Crippen molar-refractivity contribution >= 4 is 40.6 Å². The number of aromatic nitrogens is 1. The van der Waals surface area contributed by atoms with Crippen LogP contribution in [0.1, 0.15) is 32.2 Å². The van der Waals surface area contributed by atoms with Gasteiger partial charge in [0, 0.05) is 27.1 Å².